The lowest BCUT2D eigenvalue weighted by Crippen LogP contribution is -2.28. The Morgan fingerprint density at radius 1 is 1.10 bits per heavy atom. The molecule has 0 saturated heterocycles. The van der Waals surface area contributed by atoms with Gasteiger partial charge in [0.1, 0.15) is 11.6 Å². The molecule has 1 fully saturated rings. The number of carbonyl (C=O) groups is 1. The lowest BCUT2D eigenvalue weighted by molar-refractivity contribution is -0.118. The summed E-state index contributed by atoms with van der Waals surface area (Å²) in [6.07, 6.45) is 3.40. The monoisotopic (exact) mass is 402 g/mol. The zero-order valence-electron chi connectivity index (χ0n) is 16.9. The van der Waals surface area contributed by atoms with Crippen molar-refractivity contribution in [2.24, 2.45) is 0 Å². The average molecular weight is 402 g/mol. The molecule has 6 nitrogen and oxygen atoms in total. The fraction of sp³-hybridized carbons (Fsp3) is 0.250. The topological polar surface area (TPSA) is 69.7 Å². The number of aromatic nitrogens is 1. The standard InChI is InChI=1S/C24H22N2O4/c1-15-10-22(25-13-19(15)16-4-3-5-18(11-16)28-2)26-23(27)24(8-9-24)17-6-7-20-21(12-17)30-14-29-20/h3-7,10-13H,8-9,14H2,1-2H3,(H,25,26,27). The Kier molecular flexibility index (Phi) is 4.35. The first-order valence-corrected chi connectivity index (χ1v) is 9.92. The van der Waals surface area contributed by atoms with Crippen molar-refractivity contribution < 1.29 is 19.0 Å². The van der Waals surface area contributed by atoms with Crippen LogP contribution in [0.5, 0.6) is 17.2 Å². The van der Waals surface area contributed by atoms with Gasteiger partial charge in [-0.15, -0.1) is 0 Å². The summed E-state index contributed by atoms with van der Waals surface area (Å²) < 4.78 is 16.2. The molecule has 0 radical (unpaired) electrons. The fourth-order valence-electron chi connectivity index (χ4n) is 3.92. The van der Waals surface area contributed by atoms with E-state index in [1.807, 2.05) is 55.5 Å². The number of hydrogen-bond donors (Lipinski definition) is 1. The van der Waals surface area contributed by atoms with Gasteiger partial charge in [0, 0.05) is 11.8 Å². The number of hydrogen-bond acceptors (Lipinski definition) is 5. The molecule has 2 heterocycles. The maximum Gasteiger partial charge on any atom is 0.236 e. The second kappa shape index (κ2) is 7.06. The number of nitrogens with one attached hydrogen (secondary N) is 1. The van der Waals surface area contributed by atoms with Gasteiger partial charge in [-0.2, -0.15) is 0 Å². The van der Waals surface area contributed by atoms with Gasteiger partial charge in [-0.25, -0.2) is 4.98 Å². The summed E-state index contributed by atoms with van der Waals surface area (Å²) >= 11 is 0. The number of fused-ring (bicyclic) bond motifs is 1. The number of anilines is 1. The van der Waals surface area contributed by atoms with E-state index < -0.39 is 5.41 Å². The van der Waals surface area contributed by atoms with Crippen LogP contribution in [0.3, 0.4) is 0 Å². The Bertz CT molecular complexity index is 1140. The highest BCUT2D eigenvalue weighted by Crippen LogP contribution is 2.51. The molecule has 5 rings (SSSR count). The Balaban J connectivity index is 1.37. The Labute approximate surface area is 174 Å². The highest BCUT2D eigenvalue weighted by Gasteiger charge is 2.51. The van der Waals surface area contributed by atoms with E-state index in [1.54, 1.807) is 13.3 Å². The maximum atomic E-state index is 13.1. The molecule has 1 aliphatic heterocycles. The van der Waals surface area contributed by atoms with Crippen LogP contribution in [0.4, 0.5) is 5.82 Å². The van der Waals surface area contributed by atoms with Crippen LogP contribution in [0.15, 0.2) is 54.7 Å². The Morgan fingerprint density at radius 2 is 1.93 bits per heavy atom. The molecule has 1 amide bonds. The summed E-state index contributed by atoms with van der Waals surface area (Å²) in [4.78, 5) is 17.6. The summed E-state index contributed by atoms with van der Waals surface area (Å²) in [5.74, 6) is 2.73. The minimum absolute atomic E-state index is 0.0394. The van der Waals surface area contributed by atoms with Crippen LogP contribution >= 0.6 is 0 Å². The van der Waals surface area contributed by atoms with Crippen LogP contribution in [-0.2, 0) is 10.2 Å². The number of benzene rings is 2. The van der Waals surface area contributed by atoms with Crippen molar-refractivity contribution in [2.75, 3.05) is 19.2 Å². The van der Waals surface area contributed by atoms with E-state index in [9.17, 15) is 4.79 Å². The van der Waals surface area contributed by atoms with Crippen LogP contribution < -0.4 is 19.5 Å². The third kappa shape index (κ3) is 3.14. The van der Waals surface area contributed by atoms with Crippen molar-refractivity contribution in [1.29, 1.82) is 0 Å². The van der Waals surface area contributed by atoms with E-state index in [1.165, 1.54) is 0 Å². The molecule has 1 aliphatic carbocycles. The van der Waals surface area contributed by atoms with E-state index in [0.29, 0.717) is 11.6 Å². The largest absolute Gasteiger partial charge is 0.497 e. The van der Waals surface area contributed by atoms with Gasteiger partial charge >= 0.3 is 0 Å². The summed E-state index contributed by atoms with van der Waals surface area (Å²) in [5, 5.41) is 3.01. The summed E-state index contributed by atoms with van der Waals surface area (Å²) in [7, 11) is 1.65. The predicted molar refractivity (Wildman–Crippen MR) is 113 cm³/mol. The van der Waals surface area contributed by atoms with Gasteiger partial charge in [-0.05, 0) is 66.8 Å². The smallest absolute Gasteiger partial charge is 0.236 e. The third-order valence-corrected chi connectivity index (χ3v) is 5.84. The van der Waals surface area contributed by atoms with Gasteiger partial charge in [-0.3, -0.25) is 4.79 Å². The number of pyridine rings is 1. The Hall–Kier alpha value is -3.54. The summed E-state index contributed by atoms with van der Waals surface area (Å²) in [6.45, 7) is 2.23. The van der Waals surface area contributed by atoms with Crippen molar-refractivity contribution in [3.8, 4) is 28.4 Å². The maximum absolute atomic E-state index is 13.1. The first-order valence-electron chi connectivity index (χ1n) is 9.92. The van der Waals surface area contributed by atoms with Crippen LogP contribution in [0, 0.1) is 6.92 Å². The minimum atomic E-state index is -0.526. The quantitative estimate of drug-likeness (QED) is 0.682. The first kappa shape index (κ1) is 18.5. The lowest BCUT2D eigenvalue weighted by Gasteiger charge is -2.17. The number of ether oxygens (including phenoxy) is 3. The third-order valence-electron chi connectivity index (χ3n) is 5.84. The summed E-state index contributed by atoms with van der Waals surface area (Å²) in [6, 6.07) is 15.5. The molecule has 3 aromatic rings. The second-order valence-corrected chi connectivity index (χ2v) is 7.72. The number of amides is 1. The van der Waals surface area contributed by atoms with Crippen LogP contribution in [-0.4, -0.2) is 24.8 Å². The molecule has 0 atom stereocenters. The van der Waals surface area contributed by atoms with Crippen molar-refractivity contribution in [1.82, 2.24) is 4.98 Å². The number of nitrogens with zero attached hydrogens (tertiary/aromatic N) is 1. The molecule has 1 N–H and O–H groups in total. The van der Waals surface area contributed by atoms with E-state index in [0.717, 1.165) is 46.6 Å². The molecule has 1 aromatic heterocycles. The highest BCUT2D eigenvalue weighted by molar-refractivity contribution is 6.01. The number of methoxy groups -OCH3 is 1. The first-order chi connectivity index (χ1) is 14.6. The van der Waals surface area contributed by atoms with Crippen LogP contribution in [0.2, 0.25) is 0 Å². The molecular formula is C24H22N2O4. The molecule has 0 spiro atoms. The molecule has 152 valence electrons. The minimum Gasteiger partial charge on any atom is -0.497 e. The average Bonchev–Trinajstić information content (AvgIpc) is 3.45. The molecular weight excluding hydrogens is 380 g/mol. The van der Waals surface area contributed by atoms with E-state index in [-0.39, 0.29) is 12.7 Å². The van der Waals surface area contributed by atoms with Gasteiger partial charge in [0.15, 0.2) is 11.5 Å². The zero-order chi connectivity index (χ0) is 20.7. The van der Waals surface area contributed by atoms with Crippen molar-refractivity contribution in [2.45, 2.75) is 25.2 Å². The summed E-state index contributed by atoms with van der Waals surface area (Å²) in [5.41, 5.74) is 3.48. The Morgan fingerprint density at radius 3 is 2.70 bits per heavy atom. The van der Waals surface area contributed by atoms with Gasteiger partial charge in [-0.1, -0.05) is 18.2 Å². The predicted octanol–water partition coefficient (Wildman–Crippen LogP) is 4.46. The highest BCUT2D eigenvalue weighted by atomic mass is 16.7. The van der Waals surface area contributed by atoms with E-state index in [4.69, 9.17) is 14.2 Å². The zero-order valence-corrected chi connectivity index (χ0v) is 16.9. The second-order valence-electron chi connectivity index (χ2n) is 7.72. The fourth-order valence-corrected chi connectivity index (χ4v) is 3.92. The van der Waals surface area contributed by atoms with E-state index >= 15 is 0 Å². The van der Waals surface area contributed by atoms with Crippen molar-refractivity contribution in [3.05, 3.63) is 65.9 Å². The van der Waals surface area contributed by atoms with Crippen molar-refractivity contribution >= 4 is 11.7 Å². The van der Waals surface area contributed by atoms with Gasteiger partial charge in [0.25, 0.3) is 0 Å². The molecule has 30 heavy (non-hydrogen) atoms. The molecule has 2 aliphatic rings. The van der Waals surface area contributed by atoms with Crippen LogP contribution in [0.25, 0.3) is 11.1 Å². The number of carbonyl (C=O) groups excluding carboxylic acids is 1. The van der Waals surface area contributed by atoms with E-state index in [2.05, 4.69) is 10.3 Å². The molecule has 6 heteroatoms. The number of rotatable bonds is 5. The lowest BCUT2D eigenvalue weighted by atomic mass is 9.94. The molecule has 0 unspecified atom stereocenters. The number of aryl methyl sites for hydroxylation is 1. The normalized spacial score (nSPS) is 15.5. The van der Waals surface area contributed by atoms with Gasteiger partial charge < -0.3 is 19.5 Å². The molecule has 0 bridgehead atoms. The van der Waals surface area contributed by atoms with Crippen molar-refractivity contribution in [3.63, 3.8) is 0 Å². The molecule has 1 saturated carbocycles. The SMILES string of the molecule is COc1cccc(-c2cnc(NC(=O)C3(c4ccc5c(c4)OCO5)CC3)cc2C)c1. The van der Waals surface area contributed by atoms with Crippen LogP contribution in [0.1, 0.15) is 24.0 Å². The van der Waals surface area contributed by atoms with Gasteiger partial charge in [0.2, 0.25) is 12.7 Å². The van der Waals surface area contributed by atoms with Gasteiger partial charge in [0.05, 0.1) is 12.5 Å². The molecule has 2 aromatic carbocycles.